The van der Waals surface area contributed by atoms with Gasteiger partial charge in [0.2, 0.25) is 0 Å². The first-order valence-corrected chi connectivity index (χ1v) is 9.88. The fraction of sp³-hybridized carbons (Fsp3) is 0.0952. The number of hydrogen-bond donors (Lipinski definition) is 1. The van der Waals surface area contributed by atoms with Crippen LogP contribution in [0.3, 0.4) is 0 Å². The van der Waals surface area contributed by atoms with Crippen LogP contribution in [0.4, 0.5) is 0 Å². The molecule has 2 aromatic heterocycles. The third-order valence-electron chi connectivity index (χ3n) is 4.16. The van der Waals surface area contributed by atoms with Gasteiger partial charge < -0.3 is 9.94 Å². The van der Waals surface area contributed by atoms with Gasteiger partial charge in [0.05, 0.1) is 5.69 Å². The summed E-state index contributed by atoms with van der Waals surface area (Å²) in [5.74, 6) is 0.729. The molecule has 0 amide bonds. The number of nitrogens with zero attached hydrogens (tertiary/aromatic N) is 4. The van der Waals surface area contributed by atoms with E-state index >= 15 is 0 Å². The van der Waals surface area contributed by atoms with Crippen molar-refractivity contribution in [3.63, 3.8) is 0 Å². The Morgan fingerprint density at radius 3 is 2.71 bits per heavy atom. The SMILES string of the molecule is CSc1nccc(-c2c(-c3cccc(OCc4ccccc4)c3)ncn2O)n1. The molecule has 0 spiro atoms. The molecule has 0 saturated carbocycles. The van der Waals surface area contributed by atoms with E-state index in [0.29, 0.717) is 28.8 Å². The molecule has 0 aliphatic carbocycles. The van der Waals surface area contributed by atoms with Crippen LogP contribution in [0.2, 0.25) is 0 Å². The molecule has 140 valence electrons. The minimum Gasteiger partial charge on any atom is -0.489 e. The van der Waals surface area contributed by atoms with Crippen LogP contribution in [0.25, 0.3) is 22.6 Å². The van der Waals surface area contributed by atoms with Gasteiger partial charge in [-0.15, -0.1) is 0 Å². The van der Waals surface area contributed by atoms with E-state index in [4.69, 9.17) is 4.74 Å². The molecular formula is C21H18N4O2S. The van der Waals surface area contributed by atoms with E-state index in [1.807, 2.05) is 60.9 Å². The average molecular weight is 390 g/mol. The minimum absolute atomic E-state index is 0.481. The van der Waals surface area contributed by atoms with Crippen LogP contribution in [0, 0.1) is 0 Å². The maximum Gasteiger partial charge on any atom is 0.187 e. The third kappa shape index (κ3) is 3.84. The van der Waals surface area contributed by atoms with Gasteiger partial charge in [0, 0.05) is 11.8 Å². The Morgan fingerprint density at radius 2 is 1.89 bits per heavy atom. The van der Waals surface area contributed by atoms with Crippen molar-refractivity contribution in [1.29, 1.82) is 0 Å². The van der Waals surface area contributed by atoms with Crippen molar-refractivity contribution in [3.8, 4) is 28.4 Å². The second-order valence-corrected chi connectivity index (χ2v) is 6.79. The largest absolute Gasteiger partial charge is 0.489 e. The molecule has 0 atom stereocenters. The third-order valence-corrected chi connectivity index (χ3v) is 4.73. The van der Waals surface area contributed by atoms with Crippen molar-refractivity contribution in [2.75, 3.05) is 6.26 Å². The predicted molar refractivity (Wildman–Crippen MR) is 108 cm³/mol. The van der Waals surface area contributed by atoms with E-state index in [2.05, 4.69) is 15.0 Å². The van der Waals surface area contributed by atoms with Crippen LogP contribution in [-0.2, 0) is 6.61 Å². The molecule has 0 fully saturated rings. The van der Waals surface area contributed by atoms with Crippen molar-refractivity contribution in [3.05, 3.63) is 78.8 Å². The second kappa shape index (κ2) is 8.14. The molecule has 0 radical (unpaired) electrons. The zero-order chi connectivity index (χ0) is 19.3. The molecule has 7 heteroatoms. The molecule has 0 aliphatic heterocycles. The van der Waals surface area contributed by atoms with Crippen LogP contribution >= 0.6 is 11.8 Å². The average Bonchev–Trinajstić information content (AvgIpc) is 3.15. The molecule has 2 aromatic carbocycles. The quantitative estimate of drug-likeness (QED) is 0.296. The van der Waals surface area contributed by atoms with Gasteiger partial charge in [-0.05, 0) is 30.0 Å². The van der Waals surface area contributed by atoms with Gasteiger partial charge in [-0.2, -0.15) is 4.73 Å². The van der Waals surface area contributed by atoms with E-state index < -0.39 is 0 Å². The van der Waals surface area contributed by atoms with Gasteiger partial charge in [0.1, 0.15) is 30.1 Å². The Kier molecular flexibility index (Phi) is 5.25. The summed E-state index contributed by atoms with van der Waals surface area (Å²) in [6.45, 7) is 0.481. The standard InChI is InChI=1S/C21H18N4O2S/c1-28-21-22-11-10-18(24-21)20-19(23-14-25(20)26)16-8-5-9-17(12-16)27-13-15-6-3-2-4-7-15/h2-12,14,26H,13H2,1H3. The normalized spacial score (nSPS) is 10.8. The summed E-state index contributed by atoms with van der Waals surface area (Å²) < 4.78 is 6.90. The molecule has 4 rings (SSSR count). The number of aromatic nitrogens is 4. The zero-order valence-corrected chi connectivity index (χ0v) is 16.0. The number of rotatable bonds is 6. The number of thioether (sulfide) groups is 1. The smallest absolute Gasteiger partial charge is 0.187 e. The first kappa shape index (κ1) is 18.1. The van der Waals surface area contributed by atoms with Crippen LogP contribution in [0.1, 0.15) is 5.56 Å². The lowest BCUT2D eigenvalue weighted by Crippen LogP contribution is -1.98. The van der Waals surface area contributed by atoms with Crippen LogP contribution < -0.4 is 4.74 Å². The van der Waals surface area contributed by atoms with Crippen LogP contribution in [-0.4, -0.2) is 31.1 Å². The molecule has 0 unspecified atom stereocenters. The van der Waals surface area contributed by atoms with Crippen LogP contribution in [0.15, 0.2) is 78.3 Å². The Hall–Kier alpha value is -3.32. The maximum absolute atomic E-state index is 10.3. The van der Waals surface area contributed by atoms with Gasteiger partial charge in [0.25, 0.3) is 0 Å². The topological polar surface area (TPSA) is 73.1 Å². The Labute approximate surface area is 166 Å². The zero-order valence-electron chi connectivity index (χ0n) is 15.2. The summed E-state index contributed by atoms with van der Waals surface area (Å²) in [5.41, 5.74) is 3.66. The first-order chi connectivity index (χ1) is 13.7. The van der Waals surface area contributed by atoms with E-state index in [9.17, 15) is 5.21 Å². The highest BCUT2D eigenvalue weighted by molar-refractivity contribution is 7.98. The van der Waals surface area contributed by atoms with Crippen molar-refractivity contribution in [2.45, 2.75) is 11.8 Å². The maximum atomic E-state index is 10.3. The number of imidazole rings is 1. The number of ether oxygens (including phenoxy) is 1. The lowest BCUT2D eigenvalue weighted by Gasteiger charge is -2.09. The van der Waals surface area contributed by atoms with Gasteiger partial charge in [-0.25, -0.2) is 15.0 Å². The summed E-state index contributed by atoms with van der Waals surface area (Å²) >= 11 is 1.44. The highest BCUT2D eigenvalue weighted by atomic mass is 32.2. The highest BCUT2D eigenvalue weighted by Gasteiger charge is 2.17. The van der Waals surface area contributed by atoms with E-state index in [1.165, 1.54) is 18.1 Å². The molecule has 2 heterocycles. The van der Waals surface area contributed by atoms with Gasteiger partial charge >= 0.3 is 0 Å². The first-order valence-electron chi connectivity index (χ1n) is 8.66. The molecular weight excluding hydrogens is 372 g/mol. The molecule has 0 bridgehead atoms. The predicted octanol–water partition coefficient (Wildman–Crippen LogP) is 4.55. The lowest BCUT2D eigenvalue weighted by atomic mass is 10.1. The second-order valence-electron chi connectivity index (χ2n) is 6.02. The monoisotopic (exact) mass is 390 g/mol. The summed E-state index contributed by atoms with van der Waals surface area (Å²) in [5, 5.41) is 10.9. The van der Waals surface area contributed by atoms with E-state index in [0.717, 1.165) is 21.6 Å². The minimum atomic E-state index is 0.481. The molecule has 28 heavy (non-hydrogen) atoms. The van der Waals surface area contributed by atoms with Crippen molar-refractivity contribution in [2.24, 2.45) is 0 Å². The number of benzene rings is 2. The number of hydrogen-bond acceptors (Lipinski definition) is 6. The van der Waals surface area contributed by atoms with Gasteiger partial charge in [0.15, 0.2) is 5.16 Å². The molecule has 0 saturated heterocycles. The summed E-state index contributed by atoms with van der Waals surface area (Å²) in [6.07, 6.45) is 4.94. The Balaban J connectivity index is 1.65. The van der Waals surface area contributed by atoms with Crippen molar-refractivity contribution >= 4 is 11.8 Å². The summed E-state index contributed by atoms with van der Waals surface area (Å²) in [4.78, 5) is 13.0. The Morgan fingerprint density at radius 1 is 1.04 bits per heavy atom. The molecule has 0 aliphatic rings. The Bertz CT molecular complexity index is 1080. The van der Waals surface area contributed by atoms with Crippen molar-refractivity contribution < 1.29 is 9.94 Å². The fourth-order valence-corrected chi connectivity index (χ4v) is 3.19. The van der Waals surface area contributed by atoms with Gasteiger partial charge in [-0.1, -0.05) is 54.2 Å². The fourth-order valence-electron chi connectivity index (χ4n) is 2.83. The highest BCUT2D eigenvalue weighted by Crippen LogP contribution is 2.32. The van der Waals surface area contributed by atoms with Crippen molar-refractivity contribution in [1.82, 2.24) is 19.7 Å². The van der Waals surface area contributed by atoms with Crippen LogP contribution in [0.5, 0.6) is 5.75 Å². The van der Waals surface area contributed by atoms with E-state index in [1.54, 1.807) is 12.3 Å². The van der Waals surface area contributed by atoms with E-state index in [-0.39, 0.29) is 0 Å². The molecule has 4 aromatic rings. The lowest BCUT2D eigenvalue weighted by molar-refractivity contribution is 0.190. The summed E-state index contributed by atoms with van der Waals surface area (Å²) in [6, 6.07) is 19.4. The summed E-state index contributed by atoms with van der Waals surface area (Å²) in [7, 11) is 0. The molecule has 6 nitrogen and oxygen atoms in total. The van der Waals surface area contributed by atoms with Gasteiger partial charge in [-0.3, -0.25) is 0 Å². The molecule has 1 N–H and O–H groups in total.